The standard InChI is InChI=1S/C28H25N3O5/c1-3-12-30-27(33)22-10-9-20(26(32)29-15-19-8-11-24-25(13-19)36-17-35-24)14-23(22)31(28(30)34)16-21-7-5-4-6-18(21)2/h3-11,13-14H,1,12,15-17H2,2H3,(H,29,32). The van der Waals surface area contributed by atoms with Gasteiger partial charge in [-0.2, -0.15) is 0 Å². The van der Waals surface area contributed by atoms with Crippen LogP contribution in [-0.4, -0.2) is 21.8 Å². The summed E-state index contributed by atoms with van der Waals surface area (Å²) in [5, 5.41) is 3.25. The Balaban J connectivity index is 1.51. The summed E-state index contributed by atoms with van der Waals surface area (Å²) in [6.45, 7) is 6.47. The van der Waals surface area contributed by atoms with E-state index in [4.69, 9.17) is 9.47 Å². The molecule has 1 aliphatic rings. The minimum absolute atomic E-state index is 0.0964. The van der Waals surface area contributed by atoms with Crippen molar-refractivity contribution in [2.75, 3.05) is 6.79 Å². The van der Waals surface area contributed by atoms with Crippen molar-refractivity contribution in [3.63, 3.8) is 0 Å². The van der Waals surface area contributed by atoms with Gasteiger partial charge in [0.15, 0.2) is 11.5 Å². The van der Waals surface area contributed by atoms with Crippen LogP contribution >= 0.6 is 0 Å². The minimum Gasteiger partial charge on any atom is -0.454 e. The number of nitrogens with zero attached hydrogens (tertiary/aromatic N) is 2. The summed E-state index contributed by atoms with van der Waals surface area (Å²) < 4.78 is 13.4. The quantitative estimate of drug-likeness (QED) is 0.407. The van der Waals surface area contributed by atoms with Crippen molar-refractivity contribution in [3.8, 4) is 11.5 Å². The lowest BCUT2D eigenvalue weighted by Crippen LogP contribution is -2.40. The first kappa shape index (κ1) is 23.2. The van der Waals surface area contributed by atoms with Crippen LogP contribution in [0, 0.1) is 6.92 Å². The monoisotopic (exact) mass is 483 g/mol. The van der Waals surface area contributed by atoms with Gasteiger partial charge in [-0.25, -0.2) is 4.79 Å². The van der Waals surface area contributed by atoms with E-state index in [1.807, 2.05) is 43.3 Å². The Bertz CT molecular complexity index is 1620. The number of rotatable bonds is 7. The zero-order chi connectivity index (χ0) is 25.2. The van der Waals surface area contributed by atoms with Crippen molar-refractivity contribution in [3.05, 3.63) is 116 Å². The molecule has 1 aromatic heterocycles. The summed E-state index contributed by atoms with van der Waals surface area (Å²) in [6.07, 6.45) is 1.52. The topological polar surface area (TPSA) is 91.6 Å². The van der Waals surface area contributed by atoms with Crippen LogP contribution in [0.2, 0.25) is 0 Å². The number of benzene rings is 3. The van der Waals surface area contributed by atoms with Crippen molar-refractivity contribution in [2.24, 2.45) is 0 Å². The van der Waals surface area contributed by atoms with E-state index in [1.165, 1.54) is 10.6 Å². The molecule has 1 amide bonds. The number of fused-ring (bicyclic) bond motifs is 2. The third-order valence-corrected chi connectivity index (χ3v) is 6.28. The largest absolute Gasteiger partial charge is 0.454 e. The van der Waals surface area contributed by atoms with Gasteiger partial charge in [-0.3, -0.25) is 18.7 Å². The SMILES string of the molecule is C=CCn1c(=O)c2ccc(C(=O)NCc3ccc4c(c3)OCO4)cc2n(Cc2ccccc2C)c1=O. The summed E-state index contributed by atoms with van der Waals surface area (Å²) >= 11 is 0. The molecule has 3 aromatic carbocycles. The van der Waals surface area contributed by atoms with E-state index in [9.17, 15) is 14.4 Å². The number of amides is 1. The maximum absolute atomic E-state index is 13.3. The number of aromatic nitrogens is 2. The number of nitrogens with one attached hydrogen (secondary N) is 1. The van der Waals surface area contributed by atoms with E-state index >= 15 is 0 Å². The molecule has 8 heteroatoms. The van der Waals surface area contributed by atoms with Crippen LogP contribution in [0.25, 0.3) is 10.9 Å². The van der Waals surface area contributed by atoms with Gasteiger partial charge in [-0.05, 0) is 53.9 Å². The number of hydrogen-bond donors (Lipinski definition) is 1. The predicted octanol–water partition coefficient (Wildman–Crippen LogP) is 3.36. The molecule has 1 N–H and O–H groups in total. The van der Waals surface area contributed by atoms with Crippen LogP contribution in [0.15, 0.2) is 82.9 Å². The highest BCUT2D eigenvalue weighted by molar-refractivity contribution is 5.97. The summed E-state index contributed by atoms with van der Waals surface area (Å²) in [5.41, 5.74) is 2.72. The number of carbonyl (C=O) groups excluding carboxylic acids is 1. The van der Waals surface area contributed by atoms with E-state index in [-0.39, 0.29) is 32.3 Å². The fraction of sp³-hybridized carbons (Fsp3) is 0.179. The van der Waals surface area contributed by atoms with Gasteiger partial charge in [0.05, 0.1) is 17.4 Å². The second-order valence-electron chi connectivity index (χ2n) is 8.60. The molecule has 0 radical (unpaired) electrons. The molecule has 182 valence electrons. The molecule has 0 aliphatic carbocycles. The van der Waals surface area contributed by atoms with Gasteiger partial charge in [0, 0.05) is 18.7 Å². The Labute approximate surface area is 207 Å². The zero-order valence-corrected chi connectivity index (χ0v) is 19.8. The molecule has 0 fully saturated rings. The Morgan fingerprint density at radius 2 is 1.83 bits per heavy atom. The van der Waals surface area contributed by atoms with Gasteiger partial charge in [0.25, 0.3) is 11.5 Å². The molecule has 0 spiro atoms. The lowest BCUT2D eigenvalue weighted by Gasteiger charge is -2.15. The Morgan fingerprint density at radius 1 is 1.03 bits per heavy atom. The molecule has 0 saturated heterocycles. The number of carbonyl (C=O) groups is 1. The Hall–Kier alpha value is -4.59. The second kappa shape index (κ2) is 9.58. The van der Waals surface area contributed by atoms with Gasteiger partial charge in [0.1, 0.15) is 0 Å². The van der Waals surface area contributed by atoms with E-state index in [2.05, 4.69) is 11.9 Å². The van der Waals surface area contributed by atoms with Gasteiger partial charge < -0.3 is 14.8 Å². The first-order valence-electron chi connectivity index (χ1n) is 11.6. The Kier molecular flexibility index (Phi) is 6.16. The zero-order valence-electron chi connectivity index (χ0n) is 19.8. The summed E-state index contributed by atoms with van der Waals surface area (Å²) in [5.74, 6) is 0.997. The van der Waals surface area contributed by atoms with E-state index in [1.54, 1.807) is 24.3 Å². The first-order chi connectivity index (χ1) is 17.5. The average molecular weight is 484 g/mol. The van der Waals surface area contributed by atoms with Crippen molar-refractivity contribution in [2.45, 2.75) is 26.6 Å². The van der Waals surface area contributed by atoms with Crippen molar-refractivity contribution in [1.82, 2.24) is 14.5 Å². The highest BCUT2D eigenvalue weighted by atomic mass is 16.7. The third-order valence-electron chi connectivity index (χ3n) is 6.28. The molecule has 4 aromatic rings. The summed E-state index contributed by atoms with van der Waals surface area (Å²) in [6, 6.07) is 18.0. The molecule has 2 heterocycles. The molecule has 8 nitrogen and oxygen atoms in total. The summed E-state index contributed by atoms with van der Waals surface area (Å²) in [4.78, 5) is 39.4. The number of aryl methyl sites for hydroxylation is 1. The fourth-order valence-electron chi connectivity index (χ4n) is 4.29. The van der Waals surface area contributed by atoms with Gasteiger partial charge >= 0.3 is 5.69 Å². The second-order valence-corrected chi connectivity index (χ2v) is 8.60. The van der Waals surface area contributed by atoms with Crippen LogP contribution in [0.5, 0.6) is 11.5 Å². The number of allylic oxidation sites excluding steroid dienone is 1. The van der Waals surface area contributed by atoms with Crippen molar-refractivity contribution >= 4 is 16.8 Å². The van der Waals surface area contributed by atoms with Gasteiger partial charge in [0.2, 0.25) is 6.79 Å². The van der Waals surface area contributed by atoms with E-state index in [0.717, 1.165) is 21.3 Å². The molecule has 36 heavy (non-hydrogen) atoms. The molecule has 0 unspecified atom stereocenters. The maximum Gasteiger partial charge on any atom is 0.332 e. The van der Waals surface area contributed by atoms with E-state index < -0.39 is 11.2 Å². The molecule has 0 saturated carbocycles. The van der Waals surface area contributed by atoms with Crippen molar-refractivity contribution < 1.29 is 14.3 Å². The van der Waals surface area contributed by atoms with Crippen LogP contribution < -0.4 is 26.0 Å². The highest BCUT2D eigenvalue weighted by Crippen LogP contribution is 2.32. The highest BCUT2D eigenvalue weighted by Gasteiger charge is 2.17. The Morgan fingerprint density at radius 3 is 2.64 bits per heavy atom. The number of hydrogen-bond acceptors (Lipinski definition) is 5. The lowest BCUT2D eigenvalue weighted by molar-refractivity contribution is 0.0951. The van der Waals surface area contributed by atoms with Crippen LogP contribution in [0.3, 0.4) is 0 Å². The van der Waals surface area contributed by atoms with Crippen LogP contribution in [0.4, 0.5) is 0 Å². The van der Waals surface area contributed by atoms with Crippen LogP contribution in [-0.2, 0) is 19.6 Å². The molecule has 5 rings (SSSR count). The number of ether oxygens (including phenoxy) is 2. The fourth-order valence-corrected chi connectivity index (χ4v) is 4.29. The average Bonchev–Trinajstić information content (AvgIpc) is 3.36. The third kappa shape index (κ3) is 4.29. The first-order valence-corrected chi connectivity index (χ1v) is 11.6. The van der Waals surface area contributed by atoms with Gasteiger partial charge in [-0.15, -0.1) is 6.58 Å². The molecular formula is C28H25N3O5. The van der Waals surface area contributed by atoms with Crippen LogP contribution in [0.1, 0.15) is 27.0 Å². The predicted molar refractivity (Wildman–Crippen MR) is 137 cm³/mol. The van der Waals surface area contributed by atoms with Crippen molar-refractivity contribution in [1.29, 1.82) is 0 Å². The normalized spacial score (nSPS) is 12.0. The lowest BCUT2D eigenvalue weighted by atomic mass is 10.1. The molecular weight excluding hydrogens is 458 g/mol. The molecule has 1 aliphatic heterocycles. The molecule has 0 bridgehead atoms. The smallest absolute Gasteiger partial charge is 0.332 e. The van der Waals surface area contributed by atoms with Gasteiger partial charge in [-0.1, -0.05) is 36.4 Å². The minimum atomic E-state index is -0.450. The van der Waals surface area contributed by atoms with E-state index in [0.29, 0.717) is 28.0 Å². The summed E-state index contributed by atoms with van der Waals surface area (Å²) in [7, 11) is 0. The maximum atomic E-state index is 13.3. The molecule has 0 atom stereocenters.